The molecule has 172 valence electrons. The van der Waals surface area contributed by atoms with Crippen LogP contribution in [0.25, 0.3) is 11.0 Å². The van der Waals surface area contributed by atoms with E-state index >= 15 is 0 Å². The number of hydrogen-bond donors (Lipinski definition) is 0. The lowest BCUT2D eigenvalue weighted by molar-refractivity contribution is -0.133. The molecule has 0 aliphatic carbocycles. The van der Waals surface area contributed by atoms with Crippen molar-refractivity contribution in [3.05, 3.63) is 51.8 Å². The second kappa shape index (κ2) is 9.23. The molecule has 0 spiro atoms. The lowest BCUT2D eigenvalue weighted by Gasteiger charge is -2.34. The molecule has 1 amide bonds. The summed E-state index contributed by atoms with van der Waals surface area (Å²) in [6, 6.07) is 4.75. The van der Waals surface area contributed by atoms with Crippen molar-refractivity contribution in [3.63, 3.8) is 0 Å². The maximum atomic E-state index is 13.6. The van der Waals surface area contributed by atoms with Crippen molar-refractivity contribution in [3.8, 4) is 0 Å². The number of nitrogens with zero attached hydrogens (tertiary/aromatic N) is 5. The molecule has 1 fully saturated rings. The molecule has 32 heavy (non-hydrogen) atoms. The van der Waals surface area contributed by atoms with Crippen LogP contribution in [0.4, 0.5) is 8.78 Å². The Morgan fingerprint density at radius 1 is 1.25 bits per heavy atom. The molecular weight excluding hydrogens is 420 g/mol. The Balaban J connectivity index is 1.45. The molecule has 4 rings (SSSR count). The first kappa shape index (κ1) is 22.2. The van der Waals surface area contributed by atoms with Crippen molar-refractivity contribution in [1.29, 1.82) is 0 Å². The van der Waals surface area contributed by atoms with Crippen molar-refractivity contribution in [1.82, 2.24) is 24.1 Å². The third-order valence-electron chi connectivity index (χ3n) is 6.05. The number of aryl methyl sites for hydroxylation is 3. The van der Waals surface area contributed by atoms with Crippen LogP contribution in [0, 0.1) is 6.92 Å². The average Bonchev–Trinajstić information content (AvgIpc) is 3.40. The summed E-state index contributed by atoms with van der Waals surface area (Å²) in [5, 5.41) is 4.67. The van der Waals surface area contributed by atoms with Crippen LogP contribution in [0.2, 0.25) is 0 Å². The highest BCUT2D eigenvalue weighted by molar-refractivity contribution is 5.83. The van der Waals surface area contributed by atoms with Crippen LogP contribution < -0.4 is 5.56 Å². The van der Waals surface area contributed by atoms with E-state index in [0.717, 1.165) is 24.9 Å². The molecular formula is C22H27F2N5O3. The third kappa shape index (κ3) is 4.32. The lowest BCUT2D eigenvalue weighted by Crippen LogP contribution is -2.48. The molecule has 10 heteroatoms. The Morgan fingerprint density at radius 2 is 2.00 bits per heavy atom. The second-order valence-corrected chi connectivity index (χ2v) is 7.98. The van der Waals surface area contributed by atoms with Crippen LogP contribution >= 0.6 is 0 Å². The minimum Gasteiger partial charge on any atom is -0.468 e. The van der Waals surface area contributed by atoms with E-state index in [1.807, 2.05) is 19.1 Å². The number of hydrogen-bond acceptors (Lipinski definition) is 5. The van der Waals surface area contributed by atoms with Crippen LogP contribution in [0.15, 0.2) is 33.7 Å². The van der Waals surface area contributed by atoms with Gasteiger partial charge in [0.2, 0.25) is 5.91 Å². The topological polar surface area (TPSA) is 76.5 Å². The normalized spacial score (nSPS) is 15.2. The highest BCUT2D eigenvalue weighted by Gasteiger charge is 2.24. The third-order valence-corrected chi connectivity index (χ3v) is 6.05. The van der Waals surface area contributed by atoms with Gasteiger partial charge < -0.3 is 9.32 Å². The molecule has 0 N–H and O–H groups in total. The summed E-state index contributed by atoms with van der Waals surface area (Å²) in [4.78, 5) is 29.4. The standard InChI is InChI=1S/C22H27F2N5O3/c1-3-29-15(2)20-17(21(23)24)13-19(31)28(22(20)25-29)7-6-18(30)27-10-8-26(9-11-27)14-16-5-4-12-32-16/h4-5,12-13,21H,3,6-11,14H2,1-2H3. The van der Waals surface area contributed by atoms with Gasteiger partial charge in [-0.25, -0.2) is 8.78 Å². The molecule has 0 radical (unpaired) electrons. The van der Waals surface area contributed by atoms with E-state index in [1.54, 1.807) is 22.8 Å². The quantitative estimate of drug-likeness (QED) is 0.557. The van der Waals surface area contributed by atoms with E-state index in [0.29, 0.717) is 37.3 Å². The summed E-state index contributed by atoms with van der Waals surface area (Å²) < 4.78 is 35.4. The number of halogens is 2. The smallest absolute Gasteiger partial charge is 0.264 e. The largest absolute Gasteiger partial charge is 0.468 e. The van der Waals surface area contributed by atoms with Gasteiger partial charge in [-0.3, -0.25) is 23.7 Å². The molecule has 8 nitrogen and oxygen atoms in total. The zero-order valence-electron chi connectivity index (χ0n) is 18.3. The van der Waals surface area contributed by atoms with E-state index in [-0.39, 0.29) is 30.1 Å². The number of piperazine rings is 1. The van der Waals surface area contributed by atoms with E-state index in [9.17, 15) is 18.4 Å². The van der Waals surface area contributed by atoms with Gasteiger partial charge in [0.1, 0.15) is 5.76 Å². The Bertz CT molecular complexity index is 1140. The van der Waals surface area contributed by atoms with Crippen LogP contribution in [0.3, 0.4) is 0 Å². The molecule has 3 aromatic rings. The molecule has 1 aliphatic rings. The van der Waals surface area contributed by atoms with Crippen molar-refractivity contribution < 1.29 is 18.0 Å². The summed E-state index contributed by atoms with van der Waals surface area (Å²) in [7, 11) is 0. The molecule has 0 aromatic carbocycles. The molecule has 1 saturated heterocycles. The van der Waals surface area contributed by atoms with Crippen molar-refractivity contribution in [2.75, 3.05) is 26.2 Å². The first-order valence-corrected chi connectivity index (χ1v) is 10.8. The fraction of sp³-hybridized carbons (Fsp3) is 0.500. The summed E-state index contributed by atoms with van der Waals surface area (Å²) >= 11 is 0. The number of carbonyl (C=O) groups excluding carboxylic acids is 1. The van der Waals surface area contributed by atoms with E-state index < -0.39 is 12.0 Å². The minimum absolute atomic E-state index is 0.0627. The average molecular weight is 447 g/mol. The van der Waals surface area contributed by atoms with E-state index in [1.165, 1.54) is 4.57 Å². The molecule has 1 aliphatic heterocycles. The first-order chi connectivity index (χ1) is 15.4. The van der Waals surface area contributed by atoms with Crippen LogP contribution in [-0.4, -0.2) is 56.2 Å². The maximum Gasteiger partial charge on any atom is 0.264 e. The maximum absolute atomic E-state index is 13.6. The summed E-state index contributed by atoms with van der Waals surface area (Å²) in [5.74, 6) is 0.828. The molecule has 0 atom stereocenters. The molecule has 3 aromatic heterocycles. The number of carbonyl (C=O) groups is 1. The van der Waals surface area contributed by atoms with Gasteiger partial charge in [0.15, 0.2) is 5.65 Å². The van der Waals surface area contributed by atoms with E-state index in [4.69, 9.17) is 4.42 Å². The highest BCUT2D eigenvalue weighted by atomic mass is 19.3. The summed E-state index contributed by atoms with van der Waals surface area (Å²) in [6.07, 6.45) is -1.02. The Labute approximate surface area is 184 Å². The molecule has 0 bridgehead atoms. The number of rotatable bonds is 7. The number of furan rings is 1. The number of amides is 1. The number of alkyl halides is 2. The lowest BCUT2D eigenvalue weighted by atomic mass is 10.1. The first-order valence-electron chi connectivity index (χ1n) is 10.8. The van der Waals surface area contributed by atoms with Gasteiger partial charge in [-0.15, -0.1) is 0 Å². The van der Waals surface area contributed by atoms with Gasteiger partial charge in [-0.05, 0) is 26.0 Å². The summed E-state index contributed by atoms with van der Waals surface area (Å²) in [6.45, 7) is 7.54. The van der Waals surface area contributed by atoms with Gasteiger partial charge >= 0.3 is 0 Å². The number of pyridine rings is 1. The van der Waals surface area contributed by atoms with Crippen molar-refractivity contribution in [2.45, 2.75) is 46.3 Å². The van der Waals surface area contributed by atoms with Gasteiger partial charge in [-0.1, -0.05) is 0 Å². The van der Waals surface area contributed by atoms with Crippen molar-refractivity contribution in [2.24, 2.45) is 0 Å². The van der Waals surface area contributed by atoms with Crippen molar-refractivity contribution >= 4 is 16.9 Å². The van der Waals surface area contributed by atoms with Gasteiger partial charge in [-0.2, -0.15) is 5.10 Å². The minimum atomic E-state index is -2.77. The second-order valence-electron chi connectivity index (χ2n) is 7.98. The van der Waals surface area contributed by atoms with Crippen LogP contribution in [-0.2, 0) is 24.4 Å². The molecule has 4 heterocycles. The Kier molecular flexibility index (Phi) is 6.40. The van der Waals surface area contributed by atoms with E-state index in [2.05, 4.69) is 10.00 Å². The van der Waals surface area contributed by atoms with Gasteiger partial charge in [0.05, 0.1) is 12.8 Å². The monoisotopic (exact) mass is 447 g/mol. The highest BCUT2D eigenvalue weighted by Crippen LogP contribution is 2.28. The zero-order valence-corrected chi connectivity index (χ0v) is 18.3. The molecule has 0 saturated carbocycles. The predicted molar refractivity (Wildman–Crippen MR) is 115 cm³/mol. The summed E-state index contributed by atoms with van der Waals surface area (Å²) in [5.41, 5.74) is -0.0733. The number of fused-ring (bicyclic) bond motifs is 1. The molecule has 0 unspecified atom stereocenters. The SMILES string of the molecule is CCn1nc2c(c(C(F)F)cc(=O)n2CCC(=O)N2CCN(Cc3ccco3)CC2)c1C. The van der Waals surface area contributed by atoms with Gasteiger partial charge in [0.25, 0.3) is 12.0 Å². The number of aromatic nitrogens is 3. The Morgan fingerprint density at radius 3 is 2.62 bits per heavy atom. The fourth-order valence-electron chi connectivity index (χ4n) is 4.28. The van der Waals surface area contributed by atoms with Gasteiger partial charge in [0, 0.05) is 68.4 Å². The fourth-order valence-corrected chi connectivity index (χ4v) is 4.28. The zero-order chi connectivity index (χ0) is 22.8. The predicted octanol–water partition coefficient (Wildman–Crippen LogP) is 2.79. The Hall–Kier alpha value is -3.01. The van der Waals surface area contributed by atoms with Crippen LogP contribution in [0.5, 0.6) is 0 Å². The van der Waals surface area contributed by atoms with Crippen LogP contribution in [0.1, 0.15) is 36.8 Å².